The molecule has 6 heteroatoms. The zero-order valence-electron chi connectivity index (χ0n) is 15.2. The Balaban J connectivity index is 1.44. The normalized spacial score (nSPS) is 15.5. The highest BCUT2D eigenvalue weighted by Crippen LogP contribution is 2.22. The Labute approximate surface area is 158 Å². The second-order valence-electron chi connectivity index (χ2n) is 6.80. The first-order chi connectivity index (χ1) is 13.3. The summed E-state index contributed by atoms with van der Waals surface area (Å²) in [6.07, 6.45) is 6.26. The maximum Gasteiger partial charge on any atom is 0.257 e. The number of H-pyrrole nitrogens is 1. The van der Waals surface area contributed by atoms with Crippen LogP contribution in [0, 0.1) is 0 Å². The number of carbonyl (C=O) groups excluding carboxylic acids is 1. The van der Waals surface area contributed by atoms with Gasteiger partial charge in [-0.2, -0.15) is 5.10 Å². The van der Waals surface area contributed by atoms with Gasteiger partial charge in [-0.05, 0) is 24.1 Å². The molecule has 1 saturated heterocycles. The number of aromatic amines is 1. The number of amides is 1. The summed E-state index contributed by atoms with van der Waals surface area (Å²) in [4.78, 5) is 21.5. The monoisotopic (exact) mass is 361 g/mol. The highest BCUT2D eigenvalue weighted by Gasteiger charge is 2.24. The second kappa shape index (κ2) is 8.14. The van der Waals surface area contributed by atoms with Crippen LogP contribution in [-0.2, 0) is 6.54 Å². The molecule has 2 aromatic heterocycles. The Kier molecular flexibility index (Phi) is 5.25. The van der Waals surface area contributed by atoms with E-state index in [-0.39, 0.29) is 5.91 Å². The first kappa shape index (κ1) is 17.4. The molecule has 3 heterocycles. The van der Waals surface area contributed by atoms with E-state index in [1.54, 1.807) is 6.20 Å². The predicted molar refractivity (Wildman–Crippen MR) is 104 cm³/mol. The van der Waals surface area contributed by atoms with Crippen LogP contribution in [0.1, 0.15) is 22.3 Å². The fourth-order valence-corrected chi connectivity index (χ4v) is 3.52. The van der Waals surface area contributed by atoms with Crippen molar-refractivity contribution in [3.63, 3.8) is 0 Å². The largest absolute Gasteiger partial charge is 0.337 e. The Morgan fingerprint density at radius 1 is 1.00 bits per heavy atom. The lowest BCUT2D eigenvalue weighted by Crippen LogP contribution is -2.35. The second-order valence-corrected chi connectivity index (χ2v) is 6.80. The van der Waals surface area contributed by atoms with Gasteiger partial charge in [-0.25, -0.2) is 0 Å². The Morgan fingerprint density at radius 2 is 1.81 bits per heavy atom. The molecule has 27 heavy (non-hydrogen) atoms. The quantitative estimate of drug-likeness (QED) is 0.776. The zero-order valence-corrected chi connectivity index (χ0v) is 15.2. The van der Waals surface area contributed by atoms with Crippen molar-refractivity contribution in [2.45, 2.75) is 13.0 Å². The van der Waals surface area contributed by atoms with E-state index in [1.165, 1.54) is 5.56 Å². The first-order valence-corrected chi connectivity index (χ1v) is 9.30. The highest BCUT2D eigenvalue weighted by atomic mass is 16.2. The van der Waals surface area contributed by atoms with Gasteiger partial charge in [0.05, 0.1) is 17.5 Å². The van der Waals surface area contributed by atoms with Gasteiger partial charge in [0.2, 0.25) is 0 Å². The van der Waals surface area contributed by atoms with Gasteiger partial charge >= 0.3 is 0 Å². The van der Waals surface area contributed by atoms with Crippen molar-refractivity contribution in [3.05, 3.63) is 72.2 Å². The van der Waals surface area contributed by atoms with Crippen molar-refractivity contribution in [2.75, 3.05) is 26.2 Å². The van der Waals surface area contributed by atoms with Crippen LogP contribution in [0.4, 0.5) is 0 Å². The lowest BCUT2D eigenvalue weighted by molar-refractivity contribution is 0.0762. The molecule has 1 aromatic carbocycles. The van der Waals surface area contributed by atoms with Gasteiger partial charge in [0.1, 0.15) is 0 Å². The fraction of sp³-hybridized carbons (Fsp3) is 0.286. The van der Waals surface area contributed by atoms with Gasteiger partial charge in [0.25, 0.3) is 5.91 Å². The standard InChI is InChI=1S/C21H23N5O/c27-21(19-15-23-24-20(19)18-5-2-1-3-6-18)26-12-4-11-25(13-14-26)16-17-7-9-22-10-8-17/h1-3,5-10,15H,4,11-14,16H2,(H,23,24). The van der Waals surface area contributed by atoms with E-state index in [2.05, 4.69) is 20.1 Å². The number of benzene rings is 1. The Morgan fingerprint density at radius 3 is 2.63 bits per heavy atom. The van der Waals surface area contributed by atoms with Crippen LogP contribution in [0.2, 0.25) is 0 Å². The summed E-state index contributed by atoms with van der Waals surface area (Å²) < 4.78 is 0. The van der Waals surface area contributed by atoms with Crippen LogP contribution >= 0.6 is 0 Å². The molecule has 0 aliphatic carbocycles. The minimum atomic E-state index is 0.0494. The van der Waals surface area contributed by atoms with Crippen molar-refractivity contribution in [3.8, 4) is 11.3 Å². The molecule has 0 spiro atoms. The molecule has 3 aromatic rings. The number of pyridine rings is 1. The van der Waals surface area contributed by atoms with Crippen molar-refractivity contribution in [1.29, 1.82) is 0 Å². The molecule has 0 saturated carbocycles. The van der Waals surface area contributed by atoms with E-state index in [0.717, 1.165) is 50.4 Å². The van der Waals surface area contributed by atoms with Crippen LogP contribution in [-0.4, -0.2) is 57.1 Å². The number of rotatable bonds is 4. The summed E-state index contributed by atoms with van der Waals surface area (Å²) in [5.41, 5.74) is 3.67. The topological polar surface area (TPSA) is 65.1 Å². The SMILES string of the molecule is O=C(c1cn[nH]c1-c1ccccc1)N1CCCN(Cc2ccncc2)CC1. The van der Waals surface area contributed by atoms with Crippen molar-refractivity contribution >= 4 is 5.91 Å². The predicted octanol–water partition coefficient (Wildman–Crippen LogP) is 2.82. The molecule has 0 atom stereocenters. The minimum absolute atomic E-state index is 0.0494. The Hall–Kier alpha value is -2.99. The van der Waals surface area contributed by atoms with Crippen molar-refractivity contribution in [1.82, 2.24) is 25.0 Å². The first-order valence-electron chi connectivity index (χ1n) is 9.30. The van der Waals surface area contributed by atoms with E-state index in [1.807, 2.05) is 59.8 Å². The molecule has 138 valence electrons. The maximum atomic E-state index is 13.1. The summed E-state index contributed by atoms with van der Waals surface area (Å²) in [5.74, 6) is 0.0494. The van der Waals surface area contributed by atoms with Gasteiger partial charge in [0.15, 0.2) is 0 Å². The molecular weight excluding hydrogens is 338 g/mol. The number of nitrogens with one attached hydrogen (secondary N) is 1. The zero-order chi connectivity index (χ0) is 18.5. The van der Waals surface area contributed by atoms with E-state index < -0.39 is 0 Å². The van der Waals surface area contributed by atoms with Crippen molar-refractivity contribution < 1.29 is 4.79 Å². The highest BCUT2D eigenvalue weighted by molar-refractivity contribution is 5.99. The summed E-state index contributed by atoms with van der Waals surface area (Å²) in [5, 5.41) is 7.11. The Bertz CT molecular complexity index is 878. The van der Waals surface area contributed by atoms with E-state index in [9.17, 15) is 4.79 Å². The molecule has 0 unspecified atom stereocenters. The van der Waals surface area contributed by atoms with Gasteiger partial charge in [-0.1, -0.05) is 30.3 Å². The average molecular weight is 361 g/mol. The van der Waals surface area contributed by atoms with E-state index in [0.29, 0.717) is 5.56 Å². The van der Waals surface area contributed by atoms with Gasteiger partial charge in [-0.3, -0.25) is 19.8 Å². The molecule has 1 N–H and O–H groups in total. The van der Waals surface area contributed by atoms with Crippen LogP contribution in [0.15, 0.2) is 61.1 Å². The minimum Gasteiger partial charge on any atom is -0.337 e. The van der Waals surface area contributed by atoms with Gasteiger partial charge < -0.3 is 4.90 Å². The number of nitrogens with zero attached hydrogens (tertiary/aromatic N) is 4. The smallest absolute Gasteiger partial charge is 0.257 e. The number of hydrogen-bond acceptors (Lipinski definition) is 4. The summed E-state index contributed by atoms with van der Waals surface area (Å²) in [6, 6.07) is 14.0. The fourth-order valence-electron chi connectivity index (χ4n) is 3.52. The molecule has 1 aliphatic rings. The molecule has 0 bridgehead atoms. The molecular formula is C21H23N5O. The number of aromatic nitrogens is 3. The molecule has 0 radical (unpaired) electrons. The van der Waals surface area contributed by atoms with Crippen LogP contribution < -0.4 is 0 Å². The van der Waals surface area contributed by atoms with Gasteiger partial charge in [-0.15, -0.1) is 0 Å². The van der Waals surface area contributed by atoms with E-state index >= 15 is 0 Å². The summed E-state index contributed by atoms with van der Waals surface area (Å²) in [7, 11) is 0. The third kappa shape index (κ3) is 4.06. The third-order valence-electron chi connectivity index (χ3n) is 4.96. The summed E-state index contributed by atoms with van der Waals surface area (Å²) >= 11 is 0. The van der Waals surface area contributed by atoms with E-state index in [4.69, 9.17) is 0 Å². The number of carbonyl (C=O) groups is 1. The average Bonchev–Trinajstić information content (AvgIpc) is 3.10. The lowest BCUT2D eigenvalue weighted by Gasteiger charge is -2.22. The molecule has 1 fully saturated rings. The maximum absolute atomic E-state index is 13.1. The third-order valence-corrected chi connectivity index (χ3v) is 4.96. The van der Waals surface area contributed by atoms with Crippen LogP contribution in [0.3, 0.4) is 0 Å². The summed E-state index contributed by atoms with van der Waals surface area (Å²) in [6.45, 7) is 4.25. The number of hydrogen-bond donors (Lipinski definition) is 1. The lowest BCUT2D eigenvalue weighted by atomic mass is 10.1. The molecule has 1 amide bonds. The van der Waals surface area contributed by atoms with Crippen molar-refractivity contribution in [2.24, 2.45) is 0 Å². The molecule has 6 nitrogen and oxygen atoms in total. The van der Waals surface area contributed by atoms with Crippen LogP contribution in [0.5, 0.6) is 0 Å². The molecule has 4 rings (SSSR count). The molecule has 1 aliphatic heterocycles. The van der Waals surface area contributed by atoms with Gasteiger partial charge in [0, 0.05) is 50.7 Å². The van der Waals surface area contributed by atoms with Crippen LogP contribution in [0.25, 0.3) is 11.3 Å².